The fourth-order valence-electron chi connectivity index (χ4n) is 0.911. The summed E-state index contributed by atoms with van der Waals surface area (Å²) >= 11 is 0. The molecular weight excluding hydrogens is 140 g/mol. The smallest absolute Gasteiger partial charge is 0.131 e. The first-order chi connectivity index (χ1) is 5.47. The molecule has 2 rings (SSSR count). The van der Waals surface area contributed by atoms with Crippen molar-refractivity contribution >= 4 is 12.0 Å². The van der Waals surface area contributed by atoms with E-state index >= 15 is 0 Å². The van der Waals surface area contributed by atoms with Crippen molar-refractivity contribution < 1.29 is 0 Å². The van der Waals surface area contributed by atoms with Crippen LogP contribution in [0.5, 0.6) is 0 Å². The van der Waals surface area contributed by atoms with Crippen molar-refractivity contribution in [2.75, 3.05) is 5.12 Å². The molecule has 0 saturated heterocycles. The fourth-order valence-corrected chi connectivity index (χ4v) is 0.911. The molecule has 4 heteroatoms. The van der Waals surface area contributed by atoms with Gasteiger partial charge in [-0.25, -0.2) is 0 Å². The summed E-state index contributed by atoms with van der Waals surface area (Å²) in [6.45, 7) is 0. The van der Waals surface area contributed by atoms with Crippen LogP contribution < -0.4 is 16.1 Å². The minimum Gasteiger partial charge on any atom is -0.266 e. The molecule has 1 aliphatic rings. The molecule has 0 aliphatic carbocycles. The molecule has 11 heavy (non-hydrogen) atoms. The van der Waals surface area contributed by atoms with Crippen molar-refractivity contribution in [3.05, 3.63) is 30.3 Å². The van der Waals surface area contributed by atoms with Gasteiger partial charge in [-0.05, 0) is 12.1 Å². The van der Waals surface area contributed by atoms with E-state index in [0.717, 1.165) is 5.69 Å². The van der Waals surface area contributed by atoms with Crippen LogP contribution in [-0.4, -0.2) is 6.34 Å². The molecule has 0 bridgehead atoms. The van der Waals surface area contributed by atoms with E-state index in [1.165, 1.54) is 0 Å². The van der Waals surface area contributed by atoms with E-state index in [9.17, 15) is 0 Å². The van der Waals surface area contributed by atoms with Crippen LogP contribution in [0.15, 0.2) is 35.4 Å². The van der Waals surface area contributed by atoms with Crippen molar-refractivity contribution in [3.63, 3.8) is 0 Å². The molecule has 1 heterocycles. The second-order valence-electron chi connectivity index (χ2n) is 2.16. The predicted octanol–water partition coefficient (Wildman–Crippen LogP) is 0.459. The largest absolute Gasteiger partial charge is 0.266 e. The van der Waals surface area contributed by atoms with Crippen molar-refractivity contribution in [2.24, 2.45) is 5.10 Å². The Morgan fingerprint density at radius 2 is 2.00 bits per heavy atom. The maximum Gasteiger partial charge on any atom is 0.131 e. The summed E-state index contributed by atoms with van der Waals surface area (Å²) in [6.07, 6.45) is 1.59. The van der Waals surface area contributed by atoms with Gasteiger partial charge in [-0.1, -0.05) is 18.2 Å². The normalized spacial score (nSPS) is 14.4. The molecule has 1 aromatic rings. The Bertz CT molecular complexity index is 248. The lowest BCUT2D eigenvalue weighted by Crippen LogP contribution is -2.38. The predicted molar refractivity (Wildman–Crippen MR) is 43.7 cm³/mol. The number of benzene rings is 1. The minimum absolute atomic E-state index is 1.03. The molecule has 0 unspecified atom stereocenters. The standard InChI is InChI=1S/C7H8N4/c1-2-4-7(5-3-1)11-9-6-8-10-11/h1-6,10H,(H,8,9). The van der Waals surface area contributed by atoms with Gasteiger partial charge < -0.3 is 0 Å². The number of para-hydroxylation sites is 1. The molecule has 0 radical (unpaired) electrons. The van der Waals surface area contributed by atoms with E-state index in [0.29, 0.717) is 0 Å². The molecule has 0 atom stereocenters. The van der Waals surface area contributed by atoms with Crippen LogP contribution in [0.25, 0.3) is 0 Å². The van der Waals surface area contributed by atoms with Crippen LogP contribution in [0.1, 0.15) is 0 Å². The first-order valence-electron chi connectivity index (χ1n) is 3.35. The molecule has 0 aromatic heterocycles. The van der Waals surface area contributed by atoms with Gasteiger partial charge in [-0.15, -0.1) is 5.10 Å². The van der Waals surface area contributed by atoms with E-state index < -0.39 is 0 Å². The van der Waals surface area contributed by atoms with Crippen molar-refractivity contribution in [1.82, 2.24) is 11.0 Å². The van der Waals surface area contributed by atoms with E-state index in [1.54, 1.807) is 11.5 Å². The zero-order valence-corrected chi connectivity index (χ0v) is 5.86. The van der Waals surface area contributed by atoms with Gasteiger partial charge in [0.05, 0.1) is 5.69 Å². The third-order valence-corrected chi connectivity index (χ3v) is 1.42. The minimum atomic E-state index is 1.03. The maximum absolute atomic E-state index is 3.78. The molecule has 1 aromatic carbocycles. The number of hydrazine groups is 2. The number of hydrazone groups is 1. The zero-order valence-electron chi connectivity index (χ0n) is 5.86. The monoisotopic (exact) mass is 148 g/mol. The summed E-state index contributed by atoms with van der Waals surface area (Å²) < 4.78 is 0. The van der Waals surface area contributed by atoms with Crippen molar-refractivity contribution in [3.8, 4) is 0 Å². The Labute approximate surface area is 64.5 Å². The molecule has 0 spiro atoms. The maximum atomic E-state index is 3.78. The van der Waals surface area contributed by atoms with E-state index in [1.807, 2.05) is 30.3 Å². The first kappa shape index (κ1) is 6.03. The lowest BCUT2D eigenvalue weighted by atomic mass is 10.3. The third-order valence-electron chi connectivity index (χ3n) is 1.42. The van der Waals surface area contributed by atoms with Crippen LogP contribution in [0.3, 0.4) is 0 Å². The number of nitrogens with one attached hydrogen (secondary N) is 2. The molecule has 56 valence electrons. The Hall–Kier alpha value is -1.71. The number of hydrogen-bond donors (Lipinski definition) is 2. The second-order valence-corrected chi connectivity index (χ2v) is 2.16. The Kier molecular flexibility index (Phi) is 1.37. The molecular formula is C7H8N4. The summed E-state index contributed by atoms with van der Waals surface area (Å²) in [5, 5.41) is 5.50. The van der Waals surface area contributed by atoms with Gasteiger partial charge in [0, 0.05) is 0 Å². The van der Waals surface area contributed by atoms with E-state index in [2.05, 4.69) is 16.1 Å². The average Bonchev–Trinajstić information content (AvgIpc) is 2.58. The lowest BCUT2D eigenvalue weighted by molar-refractivity contribution is 0.685. The summed E-state index contributed by atoms with van der Waals surface area (Å²) in [5.41, 5.74) is 6.70. The first-order valence-corrected chi connectivity index (χ1v) is 3.35. The van der Waals surface area contributed by atoms with Gasteiger partial charge in [-0.2, -0.15) is 10.7 Å². The highest BCUT2D eigenvalue weighted by Gasteiger charge is 2.04. The Morgan fingerprint density at radius 1 is 1.18 bits per heavy atom. The van der Waals surface area contributed by atoms with Gasteiger partial charge >= 0.3 is 0 Å². The Balaban J connectivity index is 2.17. The molecule has 2 N–H and O–H groups in total. The number of rotatable bonds is 1. The van der Waals surface area contributed by atoms with Crippen molar-refractivity contribution in [1.29, 1.82) is 0 Å². The molecule has 0 fully saturated rings. The van der Waals surface area contributed by atoms with Crippen LogP contribution in [0.4, 0.5) is 5.69 Å². The van der Waals surface area contributed by atoms with Gasteiger partial charge in [0.15, 0.2) is 0 Å². The quantitative estimate of drug-likeness (QED) is 0.607. The highest BCUT2D eigenvalue weighted by atomic mass is 15.9. The topological polar surface area (TPSA) is 39.7 Å². The van der Waals surface area contributed by atoms with E-state index in [4.69, 9.17) is 0 Å². The molecule has 0 saturated carbocycles. The molecule has 0 amide bonds. The van der Waals surface area contributed by atoms with Gasteiger partial charge in [-0.3, -0.25) is 5.43 Å². The highest BCUT2D eigenvalue weighted by molar-refractivity contribution is 5.61. The third kappa shape index (κ3) is 1.10. The van der Waals surface area contributed by atoms with Crippen LogP contribution >= 0.6 is 0 Å². The average molecular weight is 148 g/mol. The summed E-state index contributed by atoms with van der Waals surface area (Å²) in [6, 6.07) is 9.87. The fraction of sp³-hybridized carbons (Fsp3) is 0. The van der Waals surface area contributed by atoms with Crippen molar-refractivity contribution in [2.45, 2.75) is 0 Å². The van der Waals surface area contributed by atoms with Crippen LogP contribution in [0.2, 0.25) is 0 Å². The highest BCUT2D eigenvalue weighted by Crippen LogP contribution is 2.08. The SMILES string of the molecule is C1=NNN(c2ccccc2)N1. The van der Waals surface area contributed by atoms with Crippen LogP contribution in [-0.2, 0) is 0 Å². The van der Waals surface area contributed by atoms with Gasteiger partial charge in [0.1, 0.15) is 6.34 Å². The molecule has 1 aliphatic heterocycles. The van der Waals surface area contributed by atoms with Gasteiger partial charge in [0.25, 0.3) is 0 Å². The summed E-state index contributed by atoms with van der Waals surface area (Å²) in [5.74, 6) is 0. The van der Waals surface area contributed by atoms with E-state index in [-0.39, 0.29) is 0 Å². The molecule has 4 nitrogen and oxygen atoms in total. The number of hydrogen-bond acceptors (Lipinski definition) is 4. The number of nitrogens with zero attached hydrogens (tertiary/aromatic N) is 2. The summed E-state index contributed by atoms with van der Waals surface area (Å²) in [4.78, 5) is 0. The Morgan fingerprint density at radius 3 is 2.64 bits per heavy atom. The number of anilines is 1. The summed E-state index contributed by atoms with van der Waals surface area (Å²) in [7, 11) is 0. The zero-order chi connectivity index (χ0) is 7.52. The lowest BCUT2D eigenvalue weighted by Gasteiger charge is -2.15. The van der Waals surface area contributed by atoms with Gasteiger partial charge in [0.2, 0.25) is 0 Å². The van der Waals surface area contributed by atoms with Crippen LogP contribution in [0, 0.1) is 0 Å². The second kappa shape index (κ2) is 2.49.